The number of aliphatic hydroxyl groups excluding tert-OH is 4. The second-order valence-corrected chi connectivity index (χ2v) is 15.2. The molecule has 0 amide bonds. The molecule has 1 heterocycles. The lowest BCUT2D eigenvalue weighted by atomic mass is 9.99. The maximum Gasteiger partial charge on any atom is 0.306 e. The van der Waals surface area contributed by atoms with Crippen LogP contribution in [0.1, 0.15) is 194 Å². The van der Waals surface area contributed by atoms with E-state index in [1.165, 1.54) is 109 Å². The van der Waals surface area contributed by atoms with Crippen LogP contribution in [0.2, 0.25) is 0 Å². The molecule has 10 nitrogen and oxygen atoms in total. The minimum atomic E-state index is -1.59. The van der Waals surface area contributed by atoms with Crippen LogP contribution in [0, 0.1) is 0 Å². The van der Waals surface area contributed by atoms with Gasteiger partial charge in [0.15, 0.2) is 12.4 Å². The van der Waals surface area contributed by atoms with Gasteiger partial charge in [-0.25, -0.2) is 0 Å². The van der Waals surface area contributed by atoms with Crippen LogP contribution in [0.25, 0.3) is 0 Å². The average molecular weight is 757 g/mol. The number of allylic oxidation sites excluding steroid dienone is 2. The summed E-state index contributed by atoms with van der Waals surface area (Å²) in [5.74, 6) is -0.809. The lowest BCUT2D eigenvalue weighted by Crippen LogP contribution is -2.59. The number of carbonyl (C=O) groups excluding carboxylic acids is 2. The van der Waals surface area contributed by atoms with Crippen LogP contribution in [0.15, 0.2) is 12.2 Å². The summed E-state index contributed by atoms with van der Waals surface area (Å²) in [6.07, 6.45) is 27.9. The van der Waals surface area contributed by atoms with Crippen LogP contribution < -0.4 is 0 Å². The molecule has 0 aromatic carbocycles. The molecule has 53 heavy (non-hydrogen) atoms. The molecule has 0 saturated carbocycles. The van der Waals surface area contributed by atoms with E-state index in [4.69, 9.17) is 18.9 Å². The highest BCUT2D eigenvalue weighted by molar-refractivity contribution is 5.70. The molecule has 0 spiro atoms. The Morgan fingerprint density at radius 2 is 1.00 bits per heavy atom. The van der Waals surface area contributed by atoms with Gasteiger partial charge in [0.25, 0.3) is 0 Å². The molecule has 1 rings (SSSR count). The van der Waals surface area contributed by atoms with E-state index in [1.54, 1.807) is 0 Å². The molecule has 0 aromatic rings. The molecule has 0 bridgehead atoms. The van der Waals surface area contributed by atoms with Crippen molar-refractivity contribution in [3.8, 4) is 0 Å². The predicted molar refractivity (Wildman–Crippen MR) is 210 cm³/mol. The van der Waals surface area contributed by atoms with Crippen molar-refractivity contribution in [1.29, 1.82) is 0 Å². The van der Waals surface area contributed by atoms with E-state index in [9.17, 15) is 30.0 Å². The van der Waals surface area contributed by atoms with Crippen molar-refractivity contribution < 1.29 is 49.0 Å². The van der Waals surface area contributed by atoms with Crippen molar-refractivity contribution in [2.24, 2.45) is 0 Å². The lowest BCUT2D eigenvalue weighted by Gasteiger charge is -2.39. The lowest BCUT2D eigenvalue weighted by molar-refractivity contribution is -0.305. The summed E-state index contributed by atoms with van der Waals surface area (Å²) in [6, 6.07) is 0. The van der Waals surface area contributed by atoms with Crippen LogP contribution in [0.4, 0.5) is 0 Å². The largest absolute Gasteiger partial charge is 0.462 e. The Labute approximate surface area is 322 Å². The third-order valence-electron chi connectivity index (χ3n) is 10.2. The Balaban J connectivity index is 2.35. The first-order valence-electron chi connectivity index (χ1n) is 21.8. The van der Waals surface area contributed by atoms with Gasteiger partial charge in [-0.2, -0.15) is 0 Å². The van der Waals surface area contributed by atoms with Gasteiger partial charge in [0.05, 0.1) is 13.2 Å². The Kier molecular flexibility index (Phi) is 32.6. The zero-order valence-corrected chi connectivity index (χ0v) is 33.8. The van der Waals surface area contributed by atoms with E-state index in [1.807, 2.05) is 0 Å². The van der Waals surface area contributed by atoms with E-state index in [0.717, 1.165) is 51.4 Å². The number of unbranched alkanes of at least 4 members (excludes halogenated alkanes) is 23. The van der Waals surface area contributed by atoms with Gasteiger partial charge in [-0.1, -0.05) is 154 Å². The number of ether oxygens (including phenoxy) is 4. The van der Waals surface area contributed by atoms with Crippen LogP contribution in [0.5, 0.6) is 0 Å². The summed E-state index contributed by atoms with van der Waals surface area (Å²) in [5.41, 5.74) is 0. The highest BCUT2D eigenvalue weighted by Gasteiger charge is 2.44. The van der Waals surface area contributed by atoms with Crippen LogP contribution in [0.3, 0.4) is 0 Å². The molecule has 10 heteroatoms. The van der Waals surface area contributed by atoms with Gasteiger partial charge in [-0.15, -0.1) is 0 Å². The highest BCUT2D eigenvalue weighted by atomic mass is 16.7. The number of esters is 2. The Bertz CT molecular complexity index is 881. The second-order valence-electron chi connectivity index (χ2n) is 15.2. The summed E-state index contributed by atoms with van der Waals surface area (Å²) in [7, 11) is 0. The minimum absolute atomic E-state index is 0.215. The molecule has 4 N–H and O–H groups in total. The first-order chi connectivity index (χ1) is 25.8. The predicted octanol–water partition coefficient (Wildman–Crippen LogP) is 8.78. The SMILES string of the molecule is CCCCCCCC/C=C\CCCCCCCC(=O)O[C@H](COC(=O)CCCCCCCCCCCCCCC)CO[C@H]1O[C@H](CO)[C@H](O)[C@H](O)[C@H]1O. The van der Waals surface area contributed by atoms with Crippen LogP contribution >= 0.6 is 0 Å². The average Bonchev–Trinajstić information content (AvgIpc) is 3.15. The molecule has 0 unspecified atom stereocenters. The fourth-order valence-corrected chi connectivity index (χ4v) is 6.65. The number of carbonyl (C=O) groups is 2. The van der Waals surface area contributed by atoms with Crippen molar-refractivity contribution in [3.63, 3.8) is 0 Å². The Morgan fingerprint density at radius 3 is 1.47 bits per heavy atom. The van der Waals surface area contributed by atoms with E-state index < -0.39 is 49.4 Å². The van der Waals surface area contributed by atoms with E-state index in [2.05, 4.69) is 26.0 Å². The summed E-state index contributed by atoms with van der Waals surface area (Å²) < 4.78 is 22.1. The van der Waals surface area contributed by atoms with Crippen molar-refractivity contribution in [2.45, 2.75) is 230 Å². The Hall–Kier alpha value is -1.56. The van der Waals surface area contributed by atoms with Gasteiger partial charge in [0.1, 0.15) is 31.0 Å². The smallest absolute Gasteiger partial charge is 0.306 e. The number of rotatable bonds is 36. The van der Waals surface area contributed by atoms with Crippen molar-refractivity contribution >= 4 is 11.9 Å². The summed E-state index contributed by atoms with van der Waals surface area (Å²) in [6.45, 7) is 3.41. The highest BCUT2D eigenvalue weighted by Crippen LogP contribution is 2.23. The maximum absolute atomic E-state index is 12.7. The summed E-state index contributed by atoms with van der Waals surface area (Å²) in [5, 5.41) is 40.0. The first-order valence-corrected chi connectivity index (χ1v) is 21.8. The molecular weight excluding hydrogens is 676 g/mol. The first kappa shape index (κ1) is 49.5. The van der Waals surface area contributed by atoms with Crippen LogP contribution in [-0.4, -0.2) is 89.0 Å². The number of hydrogen-bond acceptors (Lipinski definition) is 10. The van der Waals surface area contributed by atoms with Gasteiger partial charge in [0.2, 0.25) is 0 Å². The minimum Gasteiger partial charge on any atom is -0.462 e. The van der Waals surface area contributed by atoms with Gasteiger partial charge < -0.3 is 39.4 Å². The van der Waals surface area contributed by atoms with Crippen molar-refractivity contribution in [2.75, 3.05) is 19.8 Å². The Morgan fingerprint density at radius 1 is 0.566 bits per heavy atom. The fourth-order valence-electron chi connectivity index (χ4n) is 6.65. The maximum atomic E-state index is 12.7. The van der Waals surface area contributed by atoms with Crippen molar-refractivity contribution in [1.82, 2.24) is 0 Å². The molecule has 0 aromatic heterocycles. The normalized spacial score (nSPS) is 20.9. The molecule has 1 fully saturated rings. The third-order valence-corrected chi connectivity index (χ3v) is 10.2. The monoisotopic (exact) mass is 757 g/mol. The molecule has 1 aliphatic rings. The second kappa shape index (κ2) is 34.9. The molecule has 312 valence electrons. The zero-order chi connectivity index (χ0) is 38.8. The zero-order valence-electron chi connectivity index (χ0n) is 33.8. The molecule has 0 radical (unpaired) electrons. The molecule has 1 saturated heterocycles. The summed E-state index contributed by atoms with van der Waals surface area (Å²) >= 11 is 0. The van der Waals surface area contributed by atoms with Gasteiger partial charge >= 0.3 is 11.9 Å². The quantitative estimate of drug-likeness (QED) is 0.0277. The van der Waals surface area contributed by atoms with Crippen LogP contribution in [-0.2, 0) is 28.5 Å². The van der Waals surface area contributed by atoms with E-state index in [0.29, 0.717) is 6.42 Å². The van der Waals surface area contributed by atoms with Crippen molar-refractivity contribution in [3.05, 3.63) is 12.2 Å². The number of aliphatic hydroxyl groups is 4. The van der Waals surface area contributed by atoms with Gasteiger partial charge in [-0.3, -0.25) is 9.59 Å². The standard InChI is InChI=1S/C43H80O10/c1-3-5-7-9-11-13-15-17-18-20-22-24-26-28-30-32-39(46)52-36(35-51-43-42(49)41(48)40(47)37(33-44)53-43)34-50-38(45)31-29-27-25-23-21-19-16-14-12-10-8-6-4-2/h17-18,36-37,40-44,47-49H,3-16,19-35H2,1-2H3/b18-17-/t36-,37-,40+,41+,42-,43+/m1/s1. The summed E-state index contributed by atoms with van der Waals surface area (Å²) in [4.78, 5) is 25.3. The molecule has 1 aliphatic heterocycles. The molecular formula is C43H80O10. The topological polar surface area (TPSA) is 152 Å². The molecule has 0 aliphatic carbocycles. The van der Waals surface area contributed by atoms with Gasteiger partial charge in [0, 0.05) is 12.8 Å². The van der Waals surface area contributed by atoms with E-state index in [-0.39, 0.29) is 32.0 Å². The molecule has 6 atom stereocenters. The number of hydrogen-bond donors (Lipinski definition) is 4. The van der Waals surface area contributed by atoms with E-state index >= 15 is 0 Å². The third kappa shape index (κ3) is 26.8. The van der Waals surface area contributed by atoms with Gasteiger partial charge in [-0.05, 0) is 38.5 Å². The fraction of sp³-hybridized carbons (Fsp3) is 0.907.